The number of fused-ring (bicyclic) bond motifs is 1. The molecule has 0 spiro atoms. The molecule has 0 aliphatic rings. The molecule has 0 heterocycles. The van der Waals surface area contributed by atoms with Crippen LogP contribution in [0.15, 0.2) is 71.8 Å². The van der Waals surface area contributed by atoms with E-state index >= 15 is 0 Å². The first-order valence-corrected chi connectivity index (χ1v) is 8.40. The Morgan fingerprint density at radius 2 is 1.74 bits per heavy atom. The van der Waals surface area contributed by atoms with Gasteiger partial charge in [0, 0.05) is 11.1 Å². The molecule has 6 nitrogen and oxygen atoms in total. The Labute approximate surface area is 156 Å². The van der Waals surface area contributed by atoms with Gasteiger partial charge in [-0.05, 0) is 29.0 Å². The van der Waals surface area contributed by atoms with Crippen LogP contribution < -0.4 is 15.5 Å². The molecule has 0 saturated heterocycles. The molecular formula is C21H19N3O3. The number of hydrogen-bond donors (Lipinski definition) is 2. The van der Waals surface area contributed by atoms with Gasteiger partial charge in [-0.1, -0.05) is 48.5 Å². The number of methoxy groups -OCH3 is 1. The van der Waals surface area contributed by atoms with Crippen LogP contribution in [0.25, 0.3) is 10.8 Å². The molecule has 2 N–H and O–H groups in total. The van der Waals surface area contributed by atoms with Crippen LogP contribution in [0, 0.1) is 0 Å². The minimum Gasteiger partial charge on any atom is -0.496 e. The summed E-state index contributed by atoms with van der Waals surface area (Å²) in [6, 6.07) is 20.4. The van der Waals surface area contributed by atoms with Crippen LogP contribution in [0.2, 0.25) is 0 Å². The predicted molar refractivity (Wildman–Crippen MR) is 105 cm³/mol. The van der Waals surface area contributed by atoms with Crippen LogP contribution in [0.4, 0.5) is 0 Å². The lowest BCUT2D eigenvalue weighted by molar-refractivity contribution is -0.120. The minimum absolute atomic E-state index is 0.175. The van der Waals surface area contributed by atoms with E-state index in [4.69, 9.17) is 4.74 Å². The van der Waals surface area contributed by atoms with Crippen molar-refractivity contribution in [3.8, 4) is 5.75 Å². The molecule has 3 aromatic rings. The Morgan fingerprint density at radius 3 is 2.59 bits per heavy atom. The third kappa shape index (κ3) is 4.49. The molecule has 3 rings (SSSR count). The van der Waals surface area contributed by atoms with E-state index < -0.39 is 5.91 Å². The van der Waals surface area contributed by atoms with Gasteiger partial charge >= 0.3 is 0 Å². The first-order chi connectivity index (χ1) is 13.2. The highest BCUT2D eigenvalue weighted by molar-refractivity contribution is 6.07. The fourth-order valence-corrected chi connectivity index (χ4v) is 2.67. The fourth-order valence-electron chi connectivity index (χ4n) is 2.67. The maximum absolute atomic E-state index is 12.4. The average Bonchev–Trinajstić information content (AvgIpc) is 2.72. The van der Waals surface area contributed by atoms with Crippen LogP contribution in [0.5, 0.6) is 5.75 Å². The van der Waals surface area contributed by atoms with Gasteiger partial charge in [-0.25, -0.2) is 5.43 Å². The molecule has 3 aromatic carbocycles. The van der Waals surface area contributed by atoms with E-state index in [2.05, 4.69) is 15.8 Å². The van der Waals surface area contributed by atoms with Gasteiger partial charge < -0.3 is 10.1 Å². The summed E-state index contributed by atoms with van der Waals surface area (Å²) in [7, 11) is 1.56. The van der Waals surface area contributed by atoms with E-state index in [1.165, 1.54) is 6.21 Å². The zero-order chi connectivity index (χ0) is 19.1. The van der Waals surface area contributed by atoms with Crippen LogP contribution in [-0.4, -0.2) is 31.7 Å². The van der Waals surface area contributed by atoms with E-state index in [1.807, 2.05) is 54.6 Å². The highest BCUT2D eigenvalue weighted by Gasteiger charge is 2.10. The number of amides is 2. The maximum Gasteiger partial charge on any atom is 0.259 e. The first kappa shape index (κ1) is 18.1. The maximum atomic E-state index is 12.4. The lowest BCUT2D eigenvalue weighted by Gasteiger charge is -2.07. The molecule has 0 aliphatic heterocycles. The number of para-hydroxylation sites is 1. The third-order valence-electron chi connectivity index (χ3n) is 3.98. The number of benzene rings is 3. The fraction of sp³-hybridized carbons (Fsp3) is 0.0952. The summed E-state index contributed by atoms with van der Waals surface area (Å²) >= 11 is 0. The number of ether oxygens (including phenoxy) is 1. The van der Waals surface area contributed by atoms with Crippen molar-refractivity contribution in [3.05, 3.63) is 77.9 Å². The number of hydrogen-bond acceptors (Lipinski definition) is 4. The first-order valence-electron chi connectivity index (χ1n) is 8.40. The SMILES string of the molecule is COc1ccccc1/C=N\NC(=O)CNC(=O)c1cccc2ccccc12. The van der Waals surface area contributed by atoms with Gasteiger partial charge in [0.25, 0.3) is 11.8 Å². The summed E-state index contributed by atoms with van der Waals surface area (Å²) in [5, 5.41) is 8.32. The van der Waals surface area contributed by atoms with Gasteiger partial charge in [-0.2, -0.15) is 5.10 Å². The topological polar surface area (TPSA) is 79.8 Å². The molecule has 0 aromatic heterocycles. The zero-order valence-electron chi connectivity index (χ0n) is 14.8. The molecule has 2 amide bonds. The highest BCUT2D eigenvalue weighted by Crippen LogP contribution is 2.18. The zero-order valence-corrected chi connectivity index (χ0v) is 14.8. The van der Waals surface area contributed by atoms with Gasteiger partial charge in [-0.3, -0.25) is 9.59 Å². The highest BCUT2D eigenvalue weighted by atomic mass is 16.5. The van der Waals surface area contributed by atoms with Crippen LogP contribution in [0.3, 0.4) is 0 Å². The predicted octanol–water partition coefficient (Wildman–Crippen LogP) is 2.73. The number of nitrogens with one attached hydrogen (secondary N) is 2. The molecule has 0 fully saturated rings. The van der Waals surface area contributed by atoms with Crippen LogP contribution in [0.1, 0.15) is 15.9 Å². The summed E-state index contributed by atoms with van der Waals surface area (Å²) in [5.74, 6) is -0.0786. The van der Waals surface area contributed by atoms with Gasteiger partial charge in [0.15, 0.2) is 0 Å². The third-order valence-corrected chi connectivity index (χ3v) is 3.98. The largest absolute Gasteiger partial charge is 0.496 e. The smallest absolute Gasteiger partial charge is 0.259 e. The quantitative estimate of drug-likeness (QED) is 0.523. The second-order valence-electron chi connectivity index (χ2n) is 5.74. The Balaban J connectivity index is 1.57. The molecule has 0 bridgehead atoms. The Morgan fingerprint density at radius 1 is 1.00 bits per heavy atom. The van der Waals surface area contributed by atoms with Crippen molar-refractivity contribution in [2.75, 3.05) is 13.7 Å². The summed E-state index contributed by atoms with van der Waals surface area (Å²) in [6.07, 6.45) is 1.49. The number of nitrogens with zero attached hydrogens (tertiary/aromatic N) is 1. The molecule has 0 atom stereocenters. The van der Waals surface area contributed by atoms with E-state index in [-0.39, 0.29) is 12.5 Å². The normalized spacial score (nSPS) is 10.7. The van der Waals surface area contributed by atoms with Crippen LogP contribution >= 0.6 is 0 Å². The van der Waals surface area contributed by atoms with Gasteiger partial charge in [0.1, 0.15) is 5.75 Å². The summed E-state index contributed by atoms with van der Waals surface area (Å²) in [6.45, 7) is -0.175. The Bertz CT molecular complexity index is 993. The van der Waals surface area contributed by atoms with Crippen molar-refractivity contribution < 1.29 is 14.3 Å². The van der Waals surface area contributed by atoms with Gasteiger partial charge in [0.05, 0.1) is 19.9 Å². The van der Waals surface area contributed by atoms with Crippen LogP contribution in [-0.2, 0) is 4.79 Å². The number of rotatable bonds is 6. The van der Waals surface area contributed by atoms with Crippen molar-refractivity contribution in [3.63, 3.8) is 0 Å². The standard InChI is InChI=1S/C21H19N3O3/c1-27-19-12-5-3-8-16(19)13-23-24-20(25)14-22-21(26)18-11-6-9-15-7-2-4-10-17(15)18/h2-13H,14H2,1H3,(H,22,26)(H,24,25)/b23-13-. The second kappa shape index (κ2) is 8.62. The van der Waals surface area contributed by atoms with E-state index in [0.29, 0.717) is 11.3 Å². The second-order valence-corrected chi connectivity index (χ2v) is 5.74. The number of hydrazone groups is 1. The van der Waals surface area contributed by atoms with Crippen molar-refractivity contribution >= 4 is 28.8 Å². The number of carbonyl (C=O) groups is 2. The van der Waals surface area contributed by atoms with E-state index in [0.717, 1.165) is 16.3 Å². The average molecular weight is 361 g/mol. The van der Waals surface area contributed by atoms with E-state index in [9.17, 15) is 9.59 Å². The lowest BCUT2D eigenvalue weighted by atomic mass is 10.0. The molecule has 0 radical (unpaired) electrons. The van der Waals surface area contributed by atoms with Crippen molar-refractivity contribution in [2.45, 2.75) is 0 Å². The van der Waals surface area contributed by atoms with Crippen molar-refractivity contribution in [2.24, 2.45) is 5.10 Å². The monoisotopic (exact) mass is 361 g/mol. The molecule has 136 valence electrons. The summed E-state index contributed by atoms with van der Waals surface area (Å²) in [5.41, 5.74) is 3.65. The van der Waals surface area contributed by atoms with E-state index in [1.54, 1.807) is 19.2 Å². The molecule has 0 aliphatic carbocycles. The van der Waals surface area contributed by atoms with Gasteiger partial charge in [0.2, 0.25) is 0 Å². The minimum atomic E-state index is -0.422. The Kier molecular flexibility index (Phi) is 5.79. The lowest BCUT2D eigenvalue weighted by Crippen LogP contribution is -2.35. The van der Waals surface area contributed by atoms with Crippen molar-refractivity contribution in [1.82, 2.24) is 10.7 Å². The molecular weight excluding hydrogens is 342 g/mol. The van der Waals surface area contributed by atoms with Crippen molar-refractivity contribution in [1.29, 1.82) is 0 Å². The molecule has 6 heteroatoms. The molecule has 0 unspecified atom stereocenters. The molecule has 27 heavy (non-hydrogen) atoms. The Hall–Kier alpha value is -3.67. The number of carbonyl (C=O) groups excluding carboxylic acids is 2. The summed E-state index contributed by atoms with van der Waals surface area (Å²) in [4.78, 5) is 24.3. The van der Waals surface area contributed by atoms with Gasteiger partial charge in [-0.15, -0.1) is 0 Å². The summed E-state index contributed by atoms with van der Waals surface area (Å²) < 4.78 is 5.20. The molecule has 0 saturated carbocycles.